The predicted octanol–water partition coefficient (Wildman–Crippen LogP) is 1.74. The number of amides is 1. The van der Waals surface area contributed by atoms with Gasteiger partial charge in [-0.2, -0.15) is 5.10 Å². The molecule has 2 aromatic rings. The summed E-state index contributed by atoms with van der Waals surface area (Å²) in [6, 6.07) is 6.53. The first-order valence-electron chi connectivity index (χ1n) is 5.74. The molecule has 1 amide bonds. The number of carbonyl (C=O) groups is 1. The van der Waals surface area contributed by atoms with Gasteiger partial charge >= 0.3 is 0 Å². The molecule has 2 N–H and O–H groups in total. The molecule has 1 heterocycles. The van der Waals surface area contributed by atoms with E-state index in [1.165, 1.54) is 24.2 Å². The molecule has 0 aliphatic heterocycles. The van der Waals surface area contributed by atoms with Crippen molar-refractivity contribution in [2.24, 2.45) is 0 Å². The summed E-state index contributed by atoms with van der Waals surface area (Å²) in [5.41, 5.74) is 0. The number of nitrogens with zero attached hydrogens (tertiary/aromatic N) is 2. The summed E-state index contributed by atoms with van der Waals surface area (Å²) >= 11 is 1.33. The van der Waals surface area contributed by atoms with Gasteiger partial charge in [-0.05, 0) is 12.1 Å². The van der Waals surface area contributed by atoms with Crippen LogP contribution in [0.15, 0.2) is 35.5 Å². The van der Waals surface area contributed by atoms with Crippen molar-refractivity contribution < 1.29 is 9.18 Å². The van der Waals surface area contributed by atoms with Crippen molar-refractivity contribution >= 4 is 17.7 Å². The fourth-order valence-electron chi connectivity index (χ4n) is 1.40. The van der Waals surface area contributed by atoms with Crippen LogP contribution in [0.2, 0.25) is 0 Å². The van der Waals surface area contributed by atoms with E-state index < -0.39 is 0 Å². The number of halogens is 1. The van der Waals surface area contributed by atoms with Crippen molar-refractivity contribution in [1.29, 1.82) is 0 Å². The Bertz CT molecular complexity index is 532. The minimum absolute atomic E-state index is 0.0970. The molecule has 100 valence electrons. The highest BCUT2D eigenvalue weighted by Crippen LogP contribution is 2.21. The maximum Gasteiger partial charge on any atom is 0.221 e. The molecular formula is C12H13FN4OS. The topological polar surface area (TPSA) is 70.7 Å². The van der Waals surface area contributed by atoms with Gasteiger partial charge in [0, 0.05) is 17.1 Å². The van der Waals surface area contributed by atoms with Gasteiger partial charge in [0.15, 0.2) is 0 Å². The van der Waals surface area contributed by atoms with E-state index in [4.69, 9.17) is 0 Å². The second-order valence-corrected chi connectivity index (χ2v) is 4.87. The lowest BCUT2D eigenvalue weighted by atomic mass is 10.3. The van der Waals surface area contributed by atoms with Crippen LogP contribution in [0.3, 0.4) is 0 Å². The van der Waals surface area contributed by atoms with E-state index in [9.17, 15) is 9.18 Å². The quantitative estimate of drug-likeness (QED) is 0.791. The Kier molecular flexibility index (Phi) is 4.91. The first-order chi connectivity index (χ1) is 9.25. The molecule has 0 saturated carbocycles. The molecular weight excluding hydrogens is 267 g/mol. The molecule has 2 rings (SSSR count). The minimum atomic E-state index is -0.255. The van der Waals surface area contributed by atoms with Crippen molar-refractivity contribution in [3.05, 3.63) is 42.2 Å². The number of H-pyrrole nitrogens is 1. The van der Waals surface area contributed by atoms with Gasteiger partial charge in [0.25, 0.3) is 0 Å². The van der Waals surface area contributed by atoms with E-state index in [2.05, 4.69) is 20.5 Å². The lowest BCUT2D eigenvalue weighted by Crippen LogP contribution is -2.23. The SMILES string of the molecule is O=C(CCSc1ccccc1F)NCc1ncn[nH]1. The van der Waals surface area contributed by atoms with E-state index in [1.54, 1.807) is 18.2 Å². The average molecular weight is 280 g/mol. The molecule has 7 heteroatoms. The fourth-order valence-corrected chi connectivity index (χ4v) is 2.29. The van der Waals surface area contributed by atoms with Gasteiger partial charge in [-0.25, -0.2) is 9.37 Å². The van der Waals surface area contributed by atoms with Crippen LogP contribution in [0.25, 0.3) is 0 Å². The summed E-state index contributed by atoms with van der Waals surface area (Å²) < 4.78 is 13.3. The average Bonchev–Trinajstić information content (AvgIpc) is 2.92. The van der Waals surface area contributed by atoms with Crippen molar-refractivity contribution in [2.75, 3.05) is 5.75 Å². The second-order valence-electron chi connectivity index (χ2n) is 3.74. The molecule has 0 aliphatic carbocycles. The van der Waals surface area contributed by atoms with E-state index in [-0.39, 0.29) is 11.7 Å². The lowest BCUT2D eigenvalue weighted by Gasteiger charge is -2.04. The number of carbonyl (C=O) groups excluding carboxylic acids is 1. The number of benzene rings is 1. The third-order valence-electron chi connectivity index (χ3n) is 2.34. The van der Waals surface area contributed by atoms with E-state index >= 15 is 0 Å². The molecule has 0 unspecified atom stereocenters. The standard InChI is InChI=1S/C12H13FN4OS/c13-9-3-1-2-4-10(9)19-6-5-12(18)14-7-11-15-8-16-17-11/h1-4,8H,5-7H2,(H,14,18)(H,15,16,17). The number of hydrogen-bond donors (Lipinski definition) is 2. The highest BCUT2D eigenvalue weighted by Gasteiger charge is 2.05. The molecule has 0 bridgehead atoms. The maximum absolute atomic E-state index is 13.3. The number of aromatic nitrogens is 3. The predicted molar refractivity (Wildman–Crippen MR) is 70.0 cm³/mol. The van der Waals surface area contributed by atoms with Crippen LogP contribution in [0.5, 0.6) is 0 Å². The van der Waals surface area contributed by atoms with Crippen LogP contribution in [0.4, 0.5) is 4.39 Å². The Morgan fingerprint density at radius 1 is 1.42 bits per heavy atom. The molecule has 0 fully saturated rings. The number of hydrogen-bond acceptors (Lipinski definition) is 4. The Hall–Kier alpha value is -1.89. The summed E-state index contributed by atoms with van der Waals surface area (Å²) in [5, 5.41) is 9.04. The number of aromatic amines is 1. The Labute approximate surface area is 114 Å². The van der Waals surface area contributed by atoms with Gasteiger partial charge in [0.2, 0.25) is 5.91 Å². The number of thioether (sulfide) groups is 1. The van der Waals surface area contributed by atoms with Crippen LogP contribution in [0, 0.1) is 5.82 Å². The normalized spacial score (nSPS) is 10.4. The Balaban J connectivity index is 1.68. The molecule has 19 heavy (non-hydrogen) atoms. The van der Waals surface area contributed by atoms with Gasteiger partial charge in [0.05, 0.1) is 6.54 Å². The van der Waals surface area contributed by atoms with E-state index in [0.29, 0.717) is 29.4 Å². The Morgan fingerprint density at radius 3 is 3.00 bits per heavy atom. The van der Waals surface area contributed by atoms with Gasteiger partial charge in [-0.3, -0.25) is 9.89 Å². The number of nitrogens with one attached hydrogen (secondary N) is 2. The van der Waals surface area contributed by atoms with Crippen molar-refractivity contribution in [3.8, 4) is 0 Å². The van der Waals surface area contributed by atoms with Crippen LogP contribution in [0.1, 0.15) is 12.2 Å². The van der Waals surface area contributed by atoms with Crippen molar-refractivity contribution in [1.82, 2.24) is 20.5 Å². The largest absolute Gasteiger partial charge is 0.349 e. The molecule has 1 aromatic heterocycles. The summed E-state index contributed by atoms with van der Waals surface area (Å²) in [4.78, 5) is 16.0. The molecule has 0 aliphatic rings. The van der Waals surface area contributed by atoms with Crippen LogP contribution < -0.4 is 5.32 Å². The first kappa shape index (κ1) is 13.5. The molecule has 0 spiro atoms. The maximum atomic E-state index is 13.3. The van der Waals surface area contributed by atoms with Gasteiger partial charge < -0.3 is 5.32 Å². The summed E-state index contributed by atoms with van der Waals surface area (Å²) in [6.45, 7) is 0.323. The van der Waals surface area contributed by atoms with Crippen LogP contribution in [-0.4, -0.2) is 26.8 Å². The number of rotatable bonds is 6. The monoisotopic (exact) mass is 280 g/mol. The molecule has 0 atom stereocenters. The van der Waals surface area contributed by atoms with Crippen molar-refractivity contribution in [3.63, 3.8) is 0 Å². The second kappa shape index (κ2) is 6.89. The van der Waals surface area contributed by atoms with Gasteiger partial charge in [0.1, 0.15) is 18.0 Å². The molecule has 0 radical (unpaired) electrons. The molecule has 0 saturated heterocycles. The third-order valence-corrected chi connectivity index (χ3v) is 3.39. The van der Waals surface area contributed by atoms with Gasteiger partial charge in [-0.15, -0.1) is 11.8 Å². The molecule has 5 nitrogen and oxygen atoms in total. The molecule has 1 aromatic carbocycles. The fraction of sp³-hybridized carbons (Fsp3) is 0.250. The summed E-state index contributed by atoms with van der Waals surface area (Å²) in [5.74, 6) is 0.785. The third kappa shape index (κ3) is 4.36. The Morgan fingerprint density at radius 2 is 2.26 bits per heavy atom. The zero-order chi connectivity index (χ0) is 13.5. The first-order valence-corrected chi connectivity index (χ1v) is 6.72. The van der Waals surface area contributed by atoms with Gasteiger partial charge in [-0.1, -0.05) is 12.1 Å². The highest BCUT2D eigenvalue weighted by molar-refractivity contribution is 7.99. The minimum Gasteiger partial charge on any atom is -0.349 e. The summed E-state index contributed by atoms with van der Waals surface area (Å²) in [6.07, 6.45) is 1.71. The smallest absolute Gasteiger partial charge is 0.221 e. The zero-order valence-corrected chi connectivity index (χ0v) is 10.9. The van der Waals surface area contributed by atoms with Crippen LogP contribution in [-0.2, 0) is 11.3 Å². The van der Waals surface area contributed by atoms with Crippen LogP contribution >= 0.6 is 11.8 Å². The lowest BCUT2D eigenvalue weighted by molar-refractivity contribution is -0.120. The van der Waals surface area contributed by atoms with E-state index in [0.717, 1.165) is 0 Å². The highest BCUT2D eigenvalue weighted by atomic mass is 32.2. The summed E-state index contributed by atoms with van der Waals surface area (Å²) in [7, 11) is 0. The zero-order valence-electron chi connectivity index (χ0n) is 10.1. The van der Waals surface area contributed by atoms with Crippen molar-refractivity contribution in [2.45, 2.75) is 17.9 Å². The van der Waals surface area contributed by atoms with E-state index in [1.807, 2.05) is 0 Å².